The normalized spacial score (nSPS) is 15.9. The van der Waals surface area contributed by atoms with E-state index in [0.717, 1.165) is 43.0 Å². The maximum atomic E-state index is 14.1. The number of aliphatic hydroxyl groups is 1. The monoisotopic (exact) mass is 673 g/mol. The van der Waals surface area contributed by atoms with E-state index in [0.29, 0.717) is 18.5 Å². The highest BCUT2D eigenvalue weighted by molar-refractivity contribution is 7.91. The van der Waals surface area contributed by atoms with Crippen molar-refractivity contribution in [1.82, 2.24) is 26.1 Å². The molecule has 1 aliphatic rings. The number of amides is 2. The molecule has 13 heteroatoms. The summed E-state index contributed by atoms with van der Waals surface area (Å²) in [6, 6.07) is 10.3. The standard InChI is InChI=1S/C34H45F2N5O5S/c1-4-6-13-47(45,46)14-10-28(38-33(44)30-15-22(3)40-41-30)32(43)39-29(19-24-17-26(35)20-27(36)18-24)31(42)21-37-34(11-12-34)25-9-7-8-23(5-2)16-25/h7-9,15-18,20,28-29,31,37,42H,4-6,10-14,19,21H2,1-3H3,(H,38,44)(H,39,43)(H,40,41)/t28-,29+,31+/m1/s1. The van der Waals surface area contributed by atoms with E-state index >= 15 is 0 Å². The minimum absolute atomic E-state index is 0.0490. The van der Waals surface area contributed by atoms with Gasteiger partial charge in [-0.05, 0) is 80.3 Å². The number of carbonyl (C=O) groups is 2. The van der Waals surface area contributed by atoms with Crippen LogP contribution in [-0.4, -0.2) is 71.8 Å². The number of sulfone groups is 1. The summed E-state index contributed by atoms with van der Waals surface area (Å²) in [5, 5.41) is 26.7. The maximum Gasteiger partial charge on any atom is 0.269 e. The number of nitrogens with zero attached hydrogens (tertiary/aromatic N) is 1. The molecule has 1 aromatic heterocycles. The van der Waals surface area contributed by atoms with Gasteiger partial charge in [0.15, 0.2) is 0 Å². The zero-order valence-electron chi connectivity index (χ0n) is 27.1. The van der Waals surface area contributed by atoms with Crippen LogP contribution in [0.2, 0.25) is 0 Å². The Bertz CT molecular complexity index is 1620. The van der Waals surface area contributed by atoms with Gasteiger partial charge in [0.05, 0.1) is 29.3 Å². The van der Waals surface area contributed by atoms with Crippen LogP contribution in [0.25, 0.3) is 0 Å². The van der Waals surface area contributed by atoms with E-state index < -0.39 is 51.5 Å². The second-order valence-electron chi connectivity index (χ2n) is 12.4. The average Bonchev–Trinajstić information content (AvgIpc) is 3.71. The molecule has 3 aromatic rings. The van der Waals surface area contributed by atoms with E-state index in [4.69, 9.17) is 0 Å². The molecule has 0 spiro atoms. The van der Waals surface area contributed by atoms with E-state index in [-0.39, 0.29) is 47.7 Å². The first-order valence-corrected chi connectivity index (χ1v) is 18.0. The lowest BCUT2D eigenvalue weighted by atomic mass is 9.98. The fourth-order valence-corrected chi connectivity index (χ4v) is 7.11. The average molecular weight is 674 g/mol. The van der Waals surface area contributed by atoms with E-state index in [1.54, 1.807) is 6.92 Å². The number of carbonyl (C=O) groups excluding carboxylic acids is 2. The number of aliphatic hydroxyl groups excluding tert-OH is 1. The van der Waals surface area contributed by atoms with E-state index in [2.05, 4.69) is 45.2 Å². The van der Waals surface area contributed by atoms with Crippen LogP contribution in [0.15, 0.2) is 48.5 Å². The first-order valence-electron chi connectivity index (χ1n) is 16.1. The zero-order chi connectivity index (χ0) is 34.2. The summed E-state index contributed by atoms with van der Waals surface area (Å²) in [6.07, 6.45) is 2.17. The molecule has 0 radical (unpaired) electrons. The number of nitrogens with one attached hydrogen (secondary N) is 4. The summed E-state index contributed by atoms with van der Waals surface area (Å²) in [5.41, 5.74) is 2.79. The van der Waals surface area contributed by atoms with E-state index in [9.17, 15) is 31.9 Å². The third kappa shape index (κ3) is 10.4. The first kappa shape index (κ1) is 36.2. The van der Waals surface area contributed by atoms with Crippen LogP contribution in [0.3, 0.4) is 0 Å². The number of H-pyrrole nitrogens is 1. The second kappa shape index (κ2) is 15.9. The Balaban J connectivity index is 1.55. The van der Waals surface area contributed by atoms with E-state index in [1.807, 2.05) is 19.1 Å². The Hall–Kier alpha value is -3.68. The number of halogens is 2. The van der Waals surface area contributed by atoms with Crippen LogP contribution in [0.4, 0.5) is 8.78 Å². The summed E-state index contributed by atoms with van der Waals surface area (Å²) in [4.78, 5) is 26.8. The van der Waals surface area contributed by atoms with Crippen LogP contribution in [0.1, 0.15) is 78.8 Å². The maximum absolute atomic E-state index is 14.1. The van der Waals surface area contributed by atoms with Crippen molar-refractivity contribution in [2.45, 2.75) is 89.4 Å². The van der Waals surface area contributed by atoms with Crippen molar-refractivity contribution >= 4 is 21.7 Å². The number of aromatic amines is 1. The first-order chi connectivity index (χ1) is 22.3. The van der Waals surface area contributed by atoms with Gasteiger partial charge in [0, 0.05) is 18.2 Å². The highest BCUT2D eigenvalue weighted by atomic mass is 32.2. The van der Waals surface area contributed by atoms with Gasteiger partial charge in [-0.2, -0.15) is 5.10 Å². The summed E-state index contributed by atoms with van der Waals surface area (Å²) in [7, 11) is -3.52. The van der Waals surface area contributed by atoms with Gasteiger partial charge in [-0.25, -0.2) is 17.2 Å². The van der Waals surface area contributed by atoms with Crippen LogP contribution < -0.4 is 16.0 Å². The molecule has 1 heterocycles. The van der Waals surface area contributed by atoms with E-state index in [1.165, 1.54) is 11.6 Å². The molecular formula is C34H45F2N5O5S. The van der Waals surface area contributed by atoms with Crippen molar-refractivity contribution in [2.75, 3.05) is 18.1 Å². The molecule has 3 atom stereocenters. The molecule has 4 rings (SSSR count). The Morgan fingerprint density at radius 1 is 1.02 bits per heavy atom. The van der Waals surface area contributed by atoms with Gasteiger partial charge in [-0.3, -0.25) is 14.7 Å². The number of hydrogen-bond donors (Lipinski definition) is 5. The van der Waals surface area contributed by atoms with Crippen molar-refractivity contribution in [2.24, 2.45) is 0 Å². The van der Waals surface area contributed by atoms with Gasteiger partial charge < -0.3 is 21.1 Å². The zero-order valence-corrected chi connectivity index (χ0v) is 27.9. The topological polar surface area (TPSA) is 153 Å². The molecule has 5 N–H and O–H groups in total. The van der Waals surface area contributed by atoms with Crippen LogP contribution in [0, 0.1) is 18.6 Å². The molecule has 0 aliphatic heterocycles. The van der Waals surface area contributed by atoms with Crippen molar-refractivity contribution in [1.29, 1.82) is 0 Å². The second-order valence-corrected chi connectivity index (χ2v) is 14.7. The molecule has 10 nitrogen and oxygen atoms in total. The van der Waals surface area contributed by atoms with Crippen molar-refractivity contribution in [3.05, 3.63) is 88.2 Å². The van der Waals surface area contributed by atoms with Gasteiger partial charge in [-0.15, -0.1) is 0 Å². The van der Waals surface area contributed by atoms with Crippen molar-refractivity contribution in [3.63, 3.8) is 0 Å². The molecule has 2 amide bonds. The predicted molar refractivity (Wildman–Crippen MR) is 175 cm³/mol. The molecule has 1 aliphatic carbocycles. The van der Waals surface area contributed by atoms with Gasteiger partial charge in [0.25, 0.3) is 5.91 Å². The number of hydrogen-bond acceptors (Lipinski definition) is 7. The summed E-state index contributed by atoms with van der Waals surface area (Å²) < 4.78 is 53.6. The number of rotatable bonds is 18. The SMILES string of the molecule is CCCCS(=O)(=O)CC[C@@H](NC(=O)c1cc(C)n[nH]1)C(=O)N[C@@H](Cc1cc(F)cc(F)c1)[C@@H](O)CNC1(c2cccc(CC)c2)CC1. The fraction of sp³-hybridized carbons (Fsp3) is 0.500. The Labute approximate surface area is 275 Å². The summed E-state index contributed by atoms with van der Waals surface area (Å²) in [6.45, 7) is 5.68. The lowest BCUT2D eigenvalue weighted by Gasteiger charge is -2.29. The quantitative estimate of drug-likeness (QED) is 0.138. The number of unbranched alkanes of at least 4 members (excludes halogenated alkanes) is 1. The molecule has 47 heavy (non-hydrogen) atoms. The smallest absolute Gasteiger partial charge is 0.269 e. The summed E-state index contributed by atoms with van der Waals surface area (Å²) >= 11 is 0. The molecule has 2 aromatic carbocycles. The van der Waals surface area contributed by atoms with Crippen LogP contribution >= 0.6 is 0 Å². The summed E-state index contributed by atoms with van der Waals surface area (Å²) in [5.74, 6) is -3.40. The van der Waals surface area contributed by atoms with Crippen molar-refractivity contribution in [3.8, 4) is 0 Å². The molecule has 0 unspecified atom stereocenters. The lowest BCUT2D eigenvalue weighted by molar-refractivity contribution is -0.124. The number of benzene rings is 2. The van der Waals surface area contributed by atoms with Gasteiger partial charge in [0.1, 0.15) is 33.2 Å². The molecule has 1 fully saturated rings. The molecule has 0 saturated heterocycles. The van der Waals surface area contributed by atoms with Crippen molar-refractivity contribution < 1.29 is 31.9 Å². The van der Waals surface area contributed by atoms with Gasteiger partial charge in [0.2, 0.25) is 5.91 Å². The minimum atomic E-state index is -3.52. The fourth-order valence-electron chi connectivity index (χ4n) is 5.58. The molecule has 1 saturated carbocycles. The largest absolute Gasteiger partial charge is 0.390 e. The lowest BCUT2D eigenvalue weighted by Crippen LogP contribution is -2.55. The number of aromatic nitrogens is 2. The third-order valence-electron chi connectivity index (χ3n) is 8.56. The Morgan fingerprint density at radius 2 is 1.74 bits per heavy atom. The highest BCUT2D eigenvalue weighted by Gasteiger charge is 2.44. The van der Waals surface area contributed by atoms with Gasteiger partial charge >= 0.3 is 0 Å². The molecule has 0 bridgehead atoms. The van der Waals surface area contributed by atoms with Gasteiger partial charge in [-0.1, -0.05) is 44.5 Å². The van der Waals surface area contributed by atoms with Crippen LogP contribution in [-0.2, 0) is 33.0 Å². The highest BCUT2D eigenvalue weighted by Crippen LogP contribution is 2.45. The molecule has 256 valence electrons. The minimum Gasteiger partial charge on any atom is -0.390 e. The van der Waals surface area contributed by atoms with Crippen LogP contribution in [0.5, 0.6) is 0 Å². The Morgan fingerprint density at radius 3 is 2.36 bits per heavy atom. The predicted octanol–water partition coefficient (Wildman–Crippen LogP) is 3.63. The number of aryl methyl sites for hydroxylation is 2. The third-order valence-corrected chi connectivity index (χ3v) is 10.3. The molecular weight excluding hydrogens is 628 g/mol. The Kier molecular flexibility index (Phi) is 12.3.